The first-order valence-electron chi connectivity index (χ1n) is 8.08. The third kappa shape index (κ3) is 2.98. The normalized spacial score (nSPS) is 18.2. The summed E-state index contributed by atoms with van der Waals surface area (Å²) in [6.45, 7) is 3.81. The first kappa shape index (κ1) is 16.7. The van der Waals surface area contributed by atoms with Gasteiger partial charge >= 0.3 is 0 Å². The largest absolute Gasteiger partial charge is 0.360 e. The van der Waals surface area contributed by atoms with Gasteiger partial charge in [0, 0.05) is 23.8 Å². The predicted octanol–water partition coefficient (Wildman–Crippen LogP) is 1.84. The van der Waals surface area contributed by atoms with Gasteiger partial charge in [-0.15, -0.1) is 11.3 Å². The Kier molecular flexibility index (Phi) is 3.93. The van der Waals surface area contributed by atoms with Crippen LogP contribution in [-0.2, 0) is 27.8 Å². The molecule has 1 fully saturated rings. The van der Waals surface area contributed by atoms with Crippen LogP contribution in [0.25, 0.3) is 0 Å². The van der Waals surface area contributed by atoms with Crippen molar-refractivity contribution in [2.24, 2.45) is 5.92 Å². The van der Waals surface area contributed by atoms with E-state index in [1.165, 1.54) is 15.6 Å². The summed E-state index contributed by atoms with van der Waals surface area (Å²) in [6, 6.07) is 0. The minimum absolute atomic E-state index is 0.00583. The fourth-order valence-electron chi connectivity index (χ4n) is 2.96. The Labute approximate surface area is 149 Å². The van der Waals surface area contributed by atoms with Gasteiger partial charge in [0.1, 0.15) is 10.6 Å². The highest BCUT2D eigenvalue weighted by Gasteiger charge is 2.35. The molecule has 8 nitrogen and oxygen atoms in total. The number of nitrogens with one attached hydrogen (secondary N) is 1. The van der Waals surface area contributed by atoms with E-state index in [0.29, 0.717) is 29.6 Å². The quantitative estimate of drug-likeness (QED) is 0.865. The molecule has 1 N–H and O–H groups in total. The number of nitrogens with zero attached hydrogens (tertiary/aromatic N) is 3. The number of aryl methyl sites for hydroxylation is 2. The van der Waals surface area contributed by atoms with Crippen LogP contribution in [0.3, 0.4) is 0 Å². The summed E-state index contributed by atoms with van der Waals surface area (Å²) in [5, 5.41) is 7.13. The van der Waals surface area contributed by atoms with Gasteiger partial charge in [0.15, 0.2) is 10.9 Å². The van der Waals surface area contributed by atoms with E-state index in [0.717, 1.165) is 23.4 Å². The number of hydrogen-bond acceptors (Lipinski definition) is 7. The number of carbonyl (C=O) groups excluding carboxylic acids is 1. The fraction of sp³-hybridized carbons (Fsp3) is 0.533. The van der Waals surface area contributed by atoms with Crippen LogP contribution in [0.4, 0.5) is 5.13 Å². The summed E-state index contributed by atoms with van der Waals surface area (Å²) in [5.74, 6) is 0.411. The van der Waals surface area contributed by atoms with E-state index in [1.807, 2.05) is 0 Å². The smallest absolute Gasteiger partial charge is 0.248 e. The molecule has 25 heavy (non-hydrogen) atoms. The lowest BCUT2D eigenvalue weighted by Gasteiger charge is -2.25. The van der Waals surface area contributed by atoms with Crippen molar-refractivity contribution in [3.05, 3.63) is 22.0 Å². The Balaban J connectivity index is 1.56. The van der Waals surface area contributed by atoms with Gasteiger partial charge in [-0.25, -0.2) is 13.4 Å². The number of thiazole rings is 1. The number of anilines is 1. The molecule has 3 heterocycles. The third-order valence-corrected chi connectivity index (χ3v) is 7.53. The first-order chi connectivity index (χ1) is 11.9. The second-order valence-electron chi connectivity index (χ2n) is 6.39. The molecule has 0 unspecified atom stereocenters. The van der Waals surface area contributed by atoms with Crippen LogP contribution in [0.2, 0.25) is 0 Å². The second-order valence-corrected chi connectivity index (χ2v) is 9.35. The van der Waals surface area contributed by atoms with Crippen LogP contribution in [0, 0.1) is 19.8 Å². The van der Waals surface area contributed by atoms with Crippen molar-refractivity contribution in [1.29, 1.82) is 0 Å². The standard InChI is InChI=1S/C15H18N4O4S2/c1-8-13(9(2)23-18-8)25(21,22)19-6-5-11-12(7-19)24-15(16-11)17-14(20)10-3-4-10/h10H,3-7H2,1-2H3,(H,16,17,20). The van der Waals surface area contributed by atoms with E-state index >= 15 is 0 Å². The van der Waals surface area contributed by atoms with E-state index in [2.05, 4.69) is 15.5 Å². The van der Waals surface area contributed by atoms with Gasteiger partial charge in [-0.05, 0) is 26.7 Å². The topological polar surface area (TPSA) is 105 Å². The lowest BCUT2D eigenvalue weighted by molar-refractivity contribution is -0.117. The van der Waals surface area contributed by atoms with Crippen LogP contribution < -0.4 is 5.32 Å². The molecule has 1 aliphatic heterocycles. The van der Waals surface area contributed by atoms with Crippen molar-refractivity contribution < 1.29 is 17.7 Å². The summed E-state index contributed by atoms with van der Waals surface area (Å²) in [6.07, 6.45) is 2.38. The minimum atomic E-state index is -3.67. The lowest BCUT2D eigenvalue weighted by atomic mass is 10.2. The number of carbonyl (C=O) groups is 1. The van der Waals surface area contributed by atoms with Crippen molar-refractivity contribution >= 4 is 32.4 Å². The molecule has 0 aromatic carbocycles. The molecule has 0 radical (unpaired) electrons. The van der Waals surface area contributed by atoms with Crippen molar-refractivity contribution in [3.8, 4) is 0 Å². The first-order valence-corrected chi connectivity index (χ1v) is 10.3. The molecule has 2 aromatic heterocycles. The van der Waals surface area contributed by atoms with Gasteiger partial charge in [-0.3, -0.25) is 4.79 Å². The van der Waals surface area contributed by atoms with Crippen LogP contribution in [0.1, 0.15) is 34.9 Å². The fourth-order valence-corrected chi connectivity index (χ4v) is 5.76. The molecule has 0 bridgehead atoms. The lowest BCUT2D eigenvalue weighted by Crippen LogP contribution is -2.36. The van der Waals surface area contributed by atoms with Crippen LogP contribution in [0.15, 0.2) is 9.42 Å². The average Bonchev–Trinajstić information content (AvgIpc) is 3.24. The van der Waals surface area contributed by atoms with Crippen LogP contribution in [-0.4, -0.2) is 35.3 Å². The van der Waals surface area contributed by atoms with E-state index < -0.39 is 10.0 Å². The molecule has 2 aromatic rings. The van der Waals surface area contributed by atoms with Crippen molar-refractivity contribution in [2.45, 2.75) is 44.6 Å². The maximum Gasteiger partial charge on any atom is 0.248 e. The molecule has 10 heteroatoms. The second kappa shape index (κ2) is 5.89. The van der Waals surface area contributed by atoms with Gasteiger partial charge in [0.25, 0.3) is 0 Å². The Morgan fingerprint density at radius 3 is 2.76 bits per heavy atom. The molecule has 4 rings (SSSR count). The number of aromatic nitrogens is 2. The summed E-state index contributed by atoms with van der Waals surface area (Å²) < 4.78 is 32.3. The van der Waals surface area contributed by atoms with E-state index in [9.17, 15) is 13.2 Å². The van der Waals surface area contributed by atoms with Crippen molar-refractivity contribution in [1.82, 2.24) is 14.4 Å². The highest BCUT2D eigenvalue weighted by atomic mass is 32.2. The van der Waals surface area contributed by atoms with Gasteiger partial charge in [0.2, 0.25) is 15.9 Å². The molecule has 134 valence electrons. The Bertz CT molecular complexity index is 923. The van der Waals surface area contributed by atoms with E-state index in [4.69, 9.17) is 4.52 Å². The zero-order valence-corrected chi connectivity index (χ0v) is 15.5. The highest BCUT2D eigenvalue weighted by molar-refractivity contribution is 7.89. The van der Waals surface area contributed by atoms with E-state index in [-0.39, 0.29) is 23.3 Å². The molecule has 1 amide bonds. The maximum absolute atomic E-state index is 12.9. The zero-order valence-electron chi connectivity index (χ0n) is 13.9. The summed E-state index contributed by atoms with van der Waals surface area (Å²) in [7, 11) is -3.67. The summed E-state index contributed by atoms with van der Waals surface area (Å²) in [4.78, 5) is 17.3. The number of hydrogen-bond donors (Lipinski definition) is 1. The monoisotopic (exact) mass is 382 g/mol. The third-order valence-electron chi connectivity index (χ3n) is 4.44. The maximum atomic E-state index is 12.9. The summed E-state index contributed by atoms with van der Waals surface area (Å²) in [5.41, 5.74) is 1.23. The molecule has 0 saturated heterocycles. The van der Waals surface area contributed by atoms with Crippen LogP contribution in [0.5, 0.6) is 0 Å². The van der Waals surface area contributed by atoms with Gasteiger partial charge < -0.3 is 9.84 Å². The summed E-state index contributed by atoms with van der Waals surface area (Å²) >= 11 is 1.35. The van der Waals surface area contributed by atoms with Gasteiger partial charge in [-0.1, -0.05) is 5.16 Å². The highest BCUT2D eigenvalue weighted by Crippen LogP contribution is 2.34. The number of amides is 1. The SMILES string of the molecule is Cc1noc(C)c1S(=O)(=O)N1CCc2nc(NC(=O)C3CC3)sc2C1. The Morgan fingerprint density at radius 1 is 1.36 bits per heavy atom. The number of fused-ring (bicyclic) bond motifs is 1. The number of sulfonamides is 1. The van der Waals surface area contributed by atoms with Gasteiger partial charge in [0.05, 0.1) is 12.2 Å². The average molecular weight is 382 g/mol. The zero-order chi connectivity index (χ0) is 17.8. The van der Waals surface area contributed by atoms with Crippen LogP contribution >= 0.6 is 11.3 Å². The minimum Gasteiger partial charge on any atom is -0.360 e. The molecule has 0 spiro atoms. The molecule has 1 saturated carbocycles. The Morgan fingerprint density at radius 2 is 2.12 bits per heavy atom. The predicted molar refractivity (Wildman–Crippen MR) is 90.7 cm³/mol. The molecular weight excluding hydrogens is 364 g/mol. The van der Waals surface area contributed by atoms with Crippen molar-refractivity contribution in [2.75, 3.05) is 11.9 Å². The molecule has 0 atom stereocenters. The van der Waals surface area contributed by atoms with Gasteiger partial charge in [-0.2, -0.15) is 4.31 Å². The Hall–Kier alpha value is -1.78. The molecular formula is C15H18N4O4S2. The molecule has 1 aliphatic carbocycles. The number of rotatable bonds is 4. The van der Waals surface area contributed by atoms with E-state index in [1.54, 1.807) is 13.8 Å². The van der Waals surface area contributed by atoms with Crippen molar-refractivity contribution in [3.63, 3.8) is 0 Å². The molecule has 2 aliphatic rings.